The first kappa shape index (κ1) is 10.5. The fraction of sp³-hybridized carbons (Fsp3) is 0.333. The number of phenolic OH excluding ortho intramolecular Hbond substituents is 1. The average molecular weight is 197 g/mol. The minimum atomic E-state index is -0.973. The summed E-state index contributed by atoms with van der Waals surface area (Å²) in [5, 5.41) is 28.1. The smallest absolute Gasteiger partial charge is 0.239 e. The van der Waals surface area contributed by atoms with Crippen LogP contribution in [-0.2, 0) is 6.42 Å². The Bertz CT molecular complexity index is 309. The van der Waals surface area contributed by atoms with Gasteiger partial charge in [0.2, 0.25) is 6.04 Å². The fourth-order valence-electron chi connectivity index (χ4n) is 1.11. The largest absolute Gasteiger partial charge is 0.508 e. The van der Waals surface area contributed by atoms with Gasteiger partial charge in [-0.15, -0.1) is 0 Å². The lowest BCUT2D eigenvalue weighted by molar-refractivity contribution is -0.525. The maximum Gasteiger partial charge on any atom is 0.239 e. The van der Waals surface area contributed by atoms with E-state index in [1.807, 2.05) is 0 Å². The Morgan fingerprint density at radius 3 is 2.36 bits per heavy atom. The van der Waals surface area contributed by atoms with E-state index in [9.17, 15) is 10.1 Å². The maximum absolute atomic E-state index is 10.4. The molecule has 0 saturated carbocycles. The molecule has 1 unspecified atom stereocenters. The monoisotopic (exact) mass is 197 g/mol. The molecule has 0 bridgehead atoms. The molecule has 0 saturated heterocycles. The number of nitro groups is 1. The second kappa shape index (κ2) is 4.57. The van der Waals surface area contributed by atoms with Gasteiger partial charge in [0.1, 0.15) is 12.4 Å². The first-order valence-corrected chi connectivity index (χ1v) is 4.15. The highest BCUT2D eigenvalue weighted by Gasteiger charge is 2.18. The summed E-state index contributed by atoms with van der Waals surface area (Å²) in [5.41, 5.74) is 0.721. The van der Waals surface area contributed by atoms with Crippen LogP contribution in [0.5, 0.6) is 5.75 Å². The third-order valence-electron chi connectivity index (χ3n) is 1.92. The van der Waals surface area contributed by atoms with Crippen LogP contribution in [0.25, 0.3) is 0 Å². The number of hydrogen-bond donors (Lipinski definition) is 2. The number of phenols is 1. The Morgan fingerprint density at radius 2 is 1.93 bits per heavy atom. The number of aliphatic hydroxyl groups excluding tert-OH is 1. The van der Waals surface area contributed by atoms with Crippen molar-refractivity contribution in [2.24, 2.45) is 0 Å². The van der Waals surface area contributed by atoms with Gasteiger partial charge in [-0.1, -0.05) is 12.1 Å². The number of nitrogens with zero attached hydrogens (tertiary/aromatic N) is 1. The summed E-state index contributed by atoms with van der Waals surface area (Å²) in [5.74, 6) is 0.121. The third-order valence-corrected chi connectivity index (χ3v) is 1.92. The zero-order valence-corrected chi connectivity index (χ0v) is 7.46. The van der Waals surface area contributed by atoms with E-state index in [4.69, 9.17) is 10.2 Å². The molecule has 0 spiro atoms. The Kier molecular flexibility index (Phi) is 3.41. The van der Waals surface area contributed by atoms with Crippen LogP contribution in [0.2, 0.25) is 0 Å². The Labute approximate surface area is 80.8 Å². The van der Waals surface area contributed by atoms with Gasteiger partial charge in [0, 0.05) is 11.3 Å². The first-order valence-electron chi connectivity index (χ1n) is 4.15. The summed E-state index contributed by atoms with van der Waals surface area (Å²) in [6.45, 7) is -0.478. The van der Waals surface area contributed by atoms with Crippen LogP contribution in [0.3, 0.4) is 0 Å². The summed E-state index contributed by atoms with van der Waals surface area (Å²) in [4.78, 5) is 9.89. The second-order valence-corrected chi connectivity index (χ2v) is 2.99. The summed E-state index contributed by atoms with van der Waals surface area (Å²) in [6.07, 6.45) is 0.170. The van der Waals surface area contributed by atoms with E-state index in [1.54, 1.807) is 12.1 Å². The van der Waals surface area contributed by atoms with Crippen molar-refractivity contribution in [2.75, 3.05) is 6.61 Å². The van der Waals surface area contributed by atoms with Crippen LogP contribution in [0, 0.1) is 10.1 Å². The number of aliphatic hydroxyl groups is 1. The Morgan fingerprint density at radius 1 is 1.36 bits per heavy atom. The van der Waals surface area contributed by atoms with Crippen molar-refractivity contribution in [3.05, 3.63) is 39.9 Å². The topological polar surface area (TPSA) is 83.6 Å². The molecule has 0 aliphatic heterocycles. The minimum Gasteiger partial charge on any atom is -0.508 e. The molecule has 5 nitrogen and oxygen atoms in total. The van der Waals surface area contributed by atoms with Crippen LogP contribution < -0.4 is 0 Å². The van der Waals surface area contributed by atoms with Crippen LogP contribution >= 0.6 is 0 Å². The van der Waals surface area contributed by atoms with Crippen molar-refractivity contribution in [3.8, 4) is 5.75 Å². The summed E-state index contributed by atoms with van der Waals surface area (Å²) in [7, 11) is 0. The molecule has 0 aliphatic rings. The van der Waals surface area contributed by atoms with Gasteiger partial charge < -0.3 is 10.2 Å². The summed E-state index contributed by atoms with van der Waals surface area (Å²) in [6, 6.07) is 5.15. The van der Waals surface area contributed by atoms with Crippen LogP contribution in [0.1, 0.15) is 5.56 Å². The van der Waals surface area contributed by atoms with E-state index in [0.717, 1.165) is 5.56 Å². The summed E-state index contributed by atoms with van der Waals surface area (Å²) >= 11 is 0. The van der Waals surface area contributed by atoms with E-state index in [1.165, 1.54) is 12.1 Å². The average Bonchev–Trinajstić information content (AvgIpc) is 2.16. The zero-order chi connectivity index (χ0) is 10.6. The van der Waals surface area contributed by atoms with Gasteiger partial charge in [-0.25, -0.2) is 0 Å². The standard InChI is InChI=1S/C9H11NO4/c11-6-8(10(13)14)5-7-1-3-9(12)4-2-7/h1-4,8,11-12H,5-6H2. The van der Waals surface area contributed by atoms with Gasteiger partial charge in [-0.05, 0) is 17.7 Å². The molecule has 0 radical (unpaired) electrons. The Hall–Kier alpha value is -1.62. The molecule has 1 atom stereocenters. The predicted molar refractivity (Wildman–Crippen MR) is 49.7 cm³/mol. The van der Waals surface area contributed by atoms with E-state index in [0.29, 0.717) is 0 Å². The van der Waals surface area contributed by atoms with E-state index in [2.05, 4.69) is 0 Å². The van der Waals surface area contributed by atoms with Gasteiger partial charge >= 0.3 is 0 Å². The molecule has 76 valence electrons. The fourth-order valence-corrected chi connectivity index (χ4v) is 1.11. The number of aromatic hydroxyl groups is 1. The van der Waals surface area contributed by atoms with Crippen molar-refractivity contribution >= 4 is 0 Å². The second-order valence-electron chi connectivity index (χ2n) is 2.99. The number of hydrogen-bond acceptors (Lipinski definition) is 4. The van der Waals surface area contributed by atoms with Gasteiger partial charge in [0.25, 0.3) is 0 Å². The normalized spacial score (nSPS) is 12.4. The molecule has 0 fully saturated rings. The molecule has 5 heteroatoms. The molecule has 2 N–H and O–H groups in total. The number of rotatable bonds is 4. The predicted octanol–water partition coefficient (Wildman–Crippen LogP) is 0.572. The molecular formula is C9H11NO4. The zero-order valence-electron chi connectivity index (χ0n) is 7.46. The molecule has 0 aromatic heterocycles. The van der Waals surface area contributed by atoms with Crippen LogP contribution in [0.15, 0.2) is 24.3 Å². The molecule has 14 heavy (non-hydrogen) atoms. The van der Waals surface area contributed by atoms with E-state index >= 15 is 0 Å². The lowest BCUT2D eigenvalue weighted by Gasteiger charge is -2.05. The lowest BCUT2D eigenvalue weighted by Crippen LogP contribution is -2.26. The minimum absolute atomic E-state index is 0.121. The highest BCUT2D eigenvalue weighted by atomic mass is 16.6. The highest BCUT2D eigenvalue weighted by Crippen LogP contribution is 2.11. The highest BCUT2D eigenvalue weighted by molar-refractivity contribution is 5.26. The summed E-state index contributed by atoms with van der Waals surface area (Å²) < 4.78 is 0. The molecule has 1 aromatic rings. The van der Waals surface area contributed by atoms with Crippen molar-refractivity contribution in [3.63, 3.8) is 0 Å². The molecule has 0 aliphatic carbocycles. The first-order chi connectivity index (χ1) is 6.63. The quantitative estimate of drug-likeness (QED) is 0.546. The van der Waals surface area contributed by atoms with Crippen LogP contribution in [-0.4, -0.2) is 27.8 Å². The van der Waals surface area contributed by atoms with Crippen molar-refractivity contribution in [1.82, 2.24) is 0 Å². The third kappa shape index (κ3) is 2.70. The Balaban J connectivity index is 2.67. The number of benzene rings is 1. The van der Waals surface area contributed by atoms with Crippen molar-refractivity contribution in [1.29, 1.82) is 0 Å². The van der Waals surface area contributed by atoms with Crippen molar-refractivity contribution in [2.45, 2.75) is 12.5 Å². The lowest BCUT2D eigenvalue weighted by atomic mass is 10.1. The van der Waals surface area contributed by atoms with Crippen molar-refractivity contribution < 1.29 is 15.1 Å². The molecule has 1 aromatic carbocycles. The van der Waals surface area contributed by atoms with Gasteiger partial charge in [-0.2, -0.15) is 0 Å². The van der Waals surface area contributed by atoms with Gasteiger partial charge in [0.05, 0.1) is 0 Å². The molecule has 0 amide bonds. The van der Waals surface area contributed by atoms with E-state index in [-0.39, 0.29) is 12.2 Å². The molecular weight excluding hydrogens is 186 g/mol. The molecule has 1 rings (SSSR count). The molecule has 0 heterocycles. The maximum atomic E-state index is 10.4. The van der Waals surface area contributed by atoms with Crippen LogP contribution in [0.4, 0.5) is 0 Å². The van der Waals surface area contributed by atoms with Gasteiger partial charge in [-0.3, -0.25) is 10.1 Å². The van der Waals surface area contributed by atoms with E-state index < -0.39 is 17.6 Å². The van der Waals surface area contributed by atoms with Gasteiger partial charge in [0.15, 0.2) is 0 Å². The SMILES string of the molecule is O=[N+]([O-])C(CO)Cc1ccc(O)cc1.